The van der Waals surface area contributed by atoms with Gasteiger partial charge in [0.25, 0.3) is 0 Å². The number of aliphatic carboxylic acids is 1. The molecule has 2 aromatic carbocycles. The summed E-state index contributed by atoms with van der Waals surface area (Å²) in [5, 5.41) is 14.1. The van der Waals surface area contributed by atoms with Gasteiger partial charge in [-0.2, -0.15) is 13.6 Å². The van der Waals surface area contributed by atoms with Crippen molar-refractivity contribution < 1.29 is 27.2 Å². The highest BCUT2D eigenvalue weighted by Crippen LogP contribution is 2.38. The molecule has 2 aromatic rings. The molecule has 0 radical (unpaired) electrons. The Bertz CT molecular complexity index is 804. The molecule has 122 valence electrons. The summed E-state index contributed by atoms with van der Waals surface area (Å²) < 4.78 is 33.0. The maximum atomic E-state index is 11.3. The Labute approximate surface area is 133 Å². The van der Waals surface area contributed by atoms with Crippen LogP contribution in [0.15, 0.2) is 48.5 Å². The van der Waals surface area contributed by atoms with Gasteiger partial charge in [-0.05, 0) is 25.1 Å². The second kappa shape index (κ2) is 6.67. The summed E-state index contributed by atoms with van der Waals surface area (Å²) in [6, 6.07) is 13.0. The molecule has 0 aromatic heterocycles. The molecular formula is C15H15NO6S. The number of carboxylic acid groups (broad SMARTS) is 1. The molecule has 0 heterocycles. The molecule has 7 nitrogen and oxygen atoms in total. The van der Waals surface area contributed by atoms with Crippen molar-refractivity contribution >= 4 is 16.3 Å². The highest BCUT2D eigenvalue weighted by molar-refractivity contribution is 7.84. The minimum atomic E-state index is -4.35. The minimum Gasteiger partial charge on any atom is -0.481 e. The fourth-order valence-electron chi connectivity index (χ4n) is 1.91. The molecule has 0 bridgehead atoms. The number of ether oxygens (including phenoxy) is 1. The quantitative estimate of drug-likeness (QED) is 0.835. The number of benzene rings is 2. The van der Waals surface area contributed by atoms with Crippen LogP contribution in [0.3, 0.4) is 0 Å². The van der Waals surface area contributed by atoms with E-state index in [1.54, 1.807) is 36.4 Å². The Balaban J connectivity index is 2.52. The summed E-state index contributed by atoms with van der Waals surface area (Å²) in [7, 11) is -4.35. The predicted molar refractivity (Wildman–Crippen MR) is 82.7 cm³/mol. The average Bonchev–Trinajstić information content (AvgIpc) is 2.48. The molecule has 0 aliphatic carbocycles. The van der Waals surface area contributed by atoms with E-state index in [0.29, 0.717) is 5.75 Å². The molecule has 23 heavy (non-hydrogen) atoms. The first-order valence-corrected chi connectivity index (χ1v) is 8.06. The molecular weight excluding hydrogens is 322 g/mol. The van der Waals surface area contributed by atoms with Crippen molar-refractivity contribution in [2.75, 3.05) is 0 Å². The maximum Gasteiger partial charge on any atom is 0.380 e. The summed E-state index contributed by atoms with van der Waals surface area (Å²) in [6.45, 7) is 1.40. The van der Waals surface area contributed by atoms with Crippen LogP contribution in [0.2, 0.25) is 0 Å². The molecule has 0 amide bonds. The summed E-state index contributed by atoms with van der Waals surface area (Å²) in [4.78, 5) is 11.2. The lowest BCUT2D eigenvalue weighted by atomic mass is 10.00. The van der Waals surface area contributed by atoms with E-state index in [-0.39, 0.29) is 17.1 Å². The number of carboxylic acids is 1. The molecule has 0 spiro atoms. The molecule has 0 fully saturated rings. The summed E-state index contributed by atoms with van der Waals surface area (Å²) in [5.41, 5.74) is 0.139. The lowest BCUT2D eigenvalue weighted by molar-refractivity contribution is -0.138. The fraction of sp³-hybridized carbons (Fsp3) is 0.133. The third-order valence-corrected chi connectivity index (χ3v) is 3.42. The number of hydrogen-bond acceptors (Lipinski definition) is 5. The van der Waals surface area contributed by atoms with Crippen LogP contribution in [0.5, 0.6) is 17.2 Å². The smallest absolute Gasteiger partial charge is 0.380 e. The monoisotopic (exact) mass is 337 g/mol. The van der Waals surface area contributed by atoms with Gasteiger partial charge in [0, 0.05) is 5.56 Å². The van der Waals surface area contributed by atoms with Gasteiger partial charge in [-0.3, -0.25) is 4.79 Å². The standard InChI is InChI=1S/C15H15NO6S/c1-10(15(17)18)12-8-5-9-13(14(12)22-23(16,19)20)21-11-6-3-2-4-7-11/h2-10H,1H3,(H,17,18)(H2,16,19,20). The molecule has 1 atom stereocenters. The van der Waals surface area contributed by atoms with E-state index in [9.17, 15) is 13.2 Å². The summed E-state index contributed by atoms with van der Waals surface area (Å²) >= 11 is 0. The Morgan fingerprint density at radius 3 is 2.35 bits per heavy atom. The van der Waals surface area contributed by atoms with Crippen molar-refractivity contribution in [1.29, 1.82) is 0 Å². The topological polar surface area (TPSA) is 116 Å². The molecule has 8 heteroatoms. The van der Waals surface area contributed by atoms with E-state index in [4.69, 9.17) is 19.2 Å². The summed E-state index contributed by atoms with van der Waals surface area (Å²) in [5.74, 6) is -1.90. The van der Waals surface area contributed by atoms with Crippen molar-refractivity contribution in [2.24, 2.45) is 5.14 Å². The van der Waals surface area contributed by atoms with Crippen LogP contribution < -0.4 is 14.1 Å². The largest absolute Gasteiger partial charge is 0.481 e. The molecule has 0 saturated carbocycles. The van der Waals surface area contributed by atoms with Crippen LogP contribution in [0.4, 0.5) is 0 Å². The van der Waals surface area contributed by atoms with Gasteiger partial charge in [0.1, 0.15) is 5.75 Å². The van der Waals surface area contributed by atoms with E-state index < -0.39 is 22.2 Å². The van der Waals surface area contributed by atoms with Crippen LogP contribution >= 0.6 is 0 Å². The van der Waals surface area contributed by atoms with Crippen LogP contribution in [0.1, 0.15) is 18.4 Å². The van der Waals surface area contributed by atoms with Gasteiger partial charge in [-0.15, -0.1) is 0 Å². The summed E-state index contributed by atoms with van der Waals surface area (Å²) in [6.07, 6.45) is 0. The zero-order chi connectivity index (χ0) is 17.0. The van der Waals surface area contributed by atoms with E-state index in [1.165, 1.54) is 19.1 Å². The zero-order valence-electron chi connectivity index (χ0n) is 12.2. The Morgan fingerprint density at radius 2 is 1.78 bits per heavy atom. The van der Waals surface area contributed by atoms with Gasteiger partial charge < -0.3 is 14.0 Å². The van der Waals surface area contributed by atoms with Gasteiger partial charge in [-0.1, -0.05) is 30.3 Å². The van der Waals surface area contributed by atoms with Crippen LogP contribution in [0.25, 0.3) is 0 Å². The molecule has 0 aliphatic heterocycles. The zero-order valence-corrected chi connectivity index (χ0v) is 13.0. The fourth-order valence-corrected chi connectivity index (χ4v) is 2.32. The number of nitrogens with two attached hydrogens (primary N) is 1. The van der Waals surface area contributed by atoms with E-state index in [0.717, 1.165) is 0 Å². The lowest BCUT2D eigenvalue weighted by Crippen LogP contribution is -2.21. The molecule has 3 N–H and O–H groups in total. The highest BCUT2D eigenvalue weighted by Gasteiger charge is 2.24. The number of rotatable bonds is 6. The number of hydrogen-bond donors (Lipinski definition) is 2. The second-order valence-corrected chi connectivity index (χ2v) is 5.88. The highest BCUT2D eigenvalue weighted by atomic mass is 32.2. The van der Waals surface area contributed by atoms with Gasteiger partial charge in [0.2, 0.25) is 0 Å². The molecule has 2 rings (SSSR count). The van der Waals surface area contributed by atoms with Crippen LogP contribution in [-0.2, 0) is 15.1 Å². The Hall–Kier alpha value is -2.58. The van der Waals surface area contributed by atoms with Crippen molar-refractivity contribution in [3.8, 4) is 17.2 Å². The molecule has 1 unspecified atom stereocenters. The van der Waals surface area contributed by atoms with Gasteiger partial charge in [0.05, 0.1) is 5.92 Å². The van der Waals surface area contributed by atoms with E-state index in [1.807, 2.05) is 0 Å². The number of carbonyl (C=O) groups is 1. The SMILES string of the molecule is CC(C(=O)O)c1cccc(Oc2ccccc2)c1OS(N)(=O)=O. The predicted octanol–water partition coefficient (Wildman–Crippen LogP) is 2.25. The van der Waals surface area contributed by atoms with Gasteiger partial charge in [-0.25, -0.2) is 0 Å². The van der Waals surface area contributed by atoms with E-state index >= 15 is 0 Å². The molecule has 0 saturated heterocycles. The first kappa shape index (κ1) is 16.8. The second-order valence-electron chi connectivity index (χ2n) is 4.73. The van der Waals surface area contributed by atoms with E-state index in [2.05, 4.69) is 0 Å². The third kappa shape index (κ3) is 4.44. The Morgan fingerprint density at radius 1 is 1.13 bits per heavy atom. The van der Waals surface area contributed by atoms with Crippen LogP contribution in [-0.4, -0.2) is 19.5 Å². The Kier molecular flexibility index (Phi) is 4.87. The third-order valence-electron chi connectivity index (χ3n) is 3.02. The van der Waals surface area contributed by atoms with Crippen LogP contribution in [0, 0.1) is 0 Å². The first-order chi connectivity index (χ1) is 10.8. The van der Waals surface area contributed by atoms with Crippen molar-refractivity contribution in [2.45, 2.75) is 12.8 Å². The average molecular weight is 337 g/mol. The molecule has 0 aliphatic rings. The van der Waals surface area contributed by atoms with Gasteiger partial charge >= 0.3 is 16.3 Å². The van der Waals surface area contributed by atoms with Crippen molar-refractivity contribution in [3.05, 3.63) is 54.1 Å². The van der Waals surface area contributed by atoms with Crippen molar-refractivity contribution in [3.63, 3.8) is 0 Å². The number of para-hydroxylation sites is 2. The maximum absolute atomic E-state index is 11.3. The normalized spacial score (nSPS) is 12.4. The first-order valence-electron chi connectivity index (χ1n) is 6.59. The minimum absolute atomic E-state index is 0.0517. The van der Waals surface area contributed by atoms with Gasteiger partial charge in [0.15, 0.2) is 11.5 Å². The lowest BCUT2D eigenvalue weighted by Gasteiger charge is -2.16. The van der Waals surface area contributed by atoms with Crippen molar-refractivity contribution in [1.82, 2.24) is 0 Å².